The third kappa shape index (κ3) is 5.36. The van der Waals surface area contributed by atoms with Crippen molar-refractivity contribution in [3.63, 3.8) is 0 Å². The molecule has 0 bridgehead atoms. The van der Waals surface area contributed by atoms with Crippen molar-refractivity contribution in [3.05, 3.63) is 60.2 Å². The first kappa shape index (κ1) is 21.3. The number of anilines is 1. The number of rotatable bonds is 7. The summed E-state index contributed by atoms with van der Waals surface area (Å²) in [6.07, 6.45) is 1.74. The minimum absolute atomic E-state index is 0.182. The summed E-state index contributed by atoms with van der Waals surface area (Å²) in [6, 6.07) is 16.2. The Labute approximate surface area is 173 Å². The molecular formula is C22H29N3O3S. The van der Waals surface area contributed by atoms with Gasteiger partial charge in [0, 0.05) is 44.5 Å². The topological polar surface area (TPSA) is 69.7 Å². The average molecular weight is 416 g/mol. The maximum absolute atomic E-state index is 12.9. The summed E-state index contributed by atoms with van der Waals surface area (Å²) in [4.78, 5) is 14.8. The van der Waals surface area contributed by atoms with Gasteiger partial charge in [-0.2, -0.15) is 4.31 Å². The van der Waals surface area contributed by atoms with Crippen molar-refractivity contribution < 1.29 is 13.2 Å². The smallest absolute Gasteiger partial charge is 0.251 e. The second-order valence-electron chi connectivity index (χ2n) is 7.63. The number of amides is 1. The van der Waals surface area contributed by atoms with Gasteiger partial charge >= 0.3 is 0 Å². The van der Waals surface area contributed by atoms with E-state index in [9.17, 15) is 13.2 Å². The van der Waals surface area contributed by atoms with Crippen LogP contribution in [-0.2, 0) is 10.0 Å². The molecule has 6 nitrogen and oxygen atoms in total. The third-order valence-electron chi connectivity index (χ3n) is 5.41. The van der Waals surface area contributed by atoms with E-state index in [1.807, 2.05) is 37.4 Å². The molecule has 7 heteroatoms. The van der Waals surface area contributed by atoms with Crippen LogP contribution >= 0.6 is 0 Å². The summed E-state index contributed by atoms with van der Waals surface area (Å²) in [5.41, 5.74) is 1.43. The lowest BCUT2D eigenvalue weighted by Crippen LogP contribution is -2.38. The molecule has 1 saturated heterocycles. The van der Waals surface area contributed by atoms with Gasteiger partial charge in [-0.15, -0.1) is 0 Å². The van der Waals surface area contributed by atoms with Gasteiger partial charge in [0.15, 0.2) is 0 Å². The molecule has 2 aromatic carbocycles. The summed E-state index contributed by atoms with van der Waals surface area (Å²) in [5, 5.41) is 2.87. The maximum atomic E-state index is 12.9. The molecule has 0 aliphatic carbocycles. The van der Waals surface area contributed by atoms with Gasteiger partial charge in [0.1, 0.15) is 0 Å². The van der Waals surface area contributed by atoms with E-state index < -0.39 is 10.0 Å². The molecule has 1 amide bonds. The third-order valence-corrected chi connectivity index (χ3v) is 7.30. The van der Waals surface area contributed by atoms with Gasteiger partial charge in [-0.1, -0.05) is 31.2 Å². The Bertz CT molecular complexity index is 923. The van der Waals surface area contributed by atoms with Gasteiger partial charge in [0.2, 0.25) is 10.0 Å². The predicted octanol–water partition coefficient (Wildman–Crippen LogP) is 2.97. The molecule has 0 radical (unpaired) electrons. The number of nitrogens with zero attached hydrogens (tertiary/aromatic N) is 2. The first-order valence-electron chi connectivity index (χ1n) is 10.0. The van der Waals surface area contributed by atoms with Gasteiger partial charge in [-0.05, 0) is 49.1 Å². The Morgan fingerprint density at radius 3 is 2.48 bits per heavy atom. The van der Waals surface area contributed by atoms with Crippen LogP contribution in [-0.4, -0.2) is 51.9 Å². The Balaban J connectivity index is 1.60. The van der Waals surface area contributed by atoms with Crippen LogP contribution < -0.4 is 10.2 Å². The zero-order valence-corrected chi connectivity index (χ0v) is 17.9. The van der Waals surface area contributed by atoms with E-state index in [-0.39, 0.29) is 10.8 Å². The van der Waals surface area contributed by atoms with Gasteiger partial charge in [0.05, 0.1) is 4.90 Å². The van der Waals surface area contributed by atoms with E-state index >= 15 is 0 Å². The van der Waals surface area contributed by atoms with Gasteiger partial charge in [-0.25, -0.2) is 8.42 Å². The first-order chi connectivity index (χ1) is 13.9. The summed E-state index contributed by atoms with van der Waals surface area (Å²) in [6.45, 7) is 4.33. The van der Waals surface area contributed by atoms with Crippen LogP contribution in [0.5, 0.6) is 0 Å². The van der Waals surface area contributed by atoms with E-state index in [0.29, 0.717) is 37.7 Å². The van der Waals surface area contributed by atoms with Crippen molar-refractivity contribution >= 4 is 21.6 Å². The lowest BCUT2D eigenvalue weighted by molar-refractivity contribution is 0.0954. The number of sulfonamides is 1. The number of benzene rings is 2. The zero-order chi connectivity index (χ0) is 20.9. The van der Waals surface area contributed by atoms with Crippen LogP contribution in [0.25, 0.3) is 0 Å². The minimum Gasteiger partial charge on any atom is -0.373 e. The lowest BCUT2D eigenvalue weighted by Gasteiger charge is -2.29. The standard InChI is InChI=1S/C22H29N3O3S/c1-18-11-14-25(15-12-18)29(27,28)21-10-6-7-19(17-21)22(26)23-13-16-24(2)20-8-4-3-5-9-20/h3-10,17-18H,11-16H2,1-2H3,(H,23,26). The molecule has 1 aliphatic heterocycles. The molecule has 29 heavy (non-hydrogen) atoms. The molecule has 2 aromatic rings. The number of nitrogens with one attached hydrogen (secondary N) is 1. The lowest BCUT2D eigenvalue weighted by atomic mass is 10.0. The molecule has 0 saturated carbocycles. The molecule has 1 aliphatic rings. The largest absolute Gasteiger partial charge is 0.373 e. The highest BCUT2D eigenvalue weighted by molar-refractivity contribution is 7.89. The van der Waals surface area contributed by atoms with E-state index in [1.54, 1.807) is 18.2 Å². The van der Waals surface area contributed by atoms with Crippen LogP contribution in [0, 0.1) is 5.92 Å². The van der Waals surface area contributed by atoms with Crippen molar-refractivity contribution in [3.8, 4) is 0 Å². The molecule has 156 valence electrons. The minimum atomic E-state index is -3.57. The predicted molar refractivity (Wildman–Crippen MR) is 116 cm³/mol. The number of hydrogen-bond acceptors (Lipinski definition) is 4. The Kier molecular flexibility index (Phi) is 6.92. The van der Waals surface area contributed by atoms with Crippen molar-refractivity contribution in [2.75, 3.05) is 38.1 Å². The van der Waals surface area contributed by atoms with Crippen LogP contribution in [0.4, 0.5) is 5.69 Å². The average Bonchev–Trinajstić information content (AvgIpc) is 2.74. The number of carbonyl (C=O) groups is 1. The van der Waals surface area contributed by atoms with Crippen LogP contribution in [0.15, 0.2) is 59.5 Å². The fourth-order valence-corrected chi connectivity index (χ4v) is 4.94. The highest BCUT2D eigenvalue weighted by Gasteiger charge is 2.28. The van der Waals surface area contributed by atoms with Gasteiger partial charge in [-0.3, -0.25) is 4.79 Å². The van der Waals surface area contributed by atoms with Gasteiger partial charge in [0.25, 0.3) is 5.91 Å². The second-order valence-corrected chi connectivity index (χ2v) is 9.57. The molecule has 1 heterocycles. The molecule has 3 rings (SSSR count). The van der Waals surface area contributed by atoms with Crippen molar-refractivity contribution in [2.24, 2.45) is 5.92 Å². The fourth-order valence-electron chi connectivity index (χ4n) is 3.42. The molecule has 0 aromatic heterocycles. The highest BCUT2D eigenvalue weighted by Crippen LogP contribution is 2.24. The normalized spacial score (nSPS) is 15.8. The Morgan fingerprint density at radius 1 is 1.10 bits per heavy atom. The molecular weight excluding hydrogens is 386 g/mol. The van der Waals surface area contributed by atoms with Crippen molar-refractivity contribution in [1.29, 1.82) is 0 Å². The highest BCUT2D eigenvalue weighted by atomic mass is 32.2. The number of para-hydroxylation sites is 1. The maximum Gasteiger partial charge on any atom is 0.251 e. The van der Waals surface area contributed by atoms with Crippen molar-refractivity contribution in [2.45, 2.75) is 24.7 Å². The summed E-state index contributed by atoms with van der Waals surface area (Å²) < 4.78 is 27.4. The molecule has 0 unspecified atom stereocenters. The summed E-state index contributed by atoms with van der Waals surface area (Å²) >= 11 is 0. The van der Waals surface area contributed by atoms with E-state index in [4.69, 9.17) is 0 Å². The fraction of sp³-hybridized carbons (Fsp3) is 0.409. The van der Waals surface area contributed by atoms with Crippen molar-refractivity contribution in [1.82, 2.24) is 9.62 Å². The number of carbonyl (C=O) groups excluding carboxylic acids is 1. The number of piperidine rings is 1. The van der Waals surface area contributed by atoms with E-state index in [1.165, 1.54) is 10.4 Å². The monoisotopic (exact) mass is 415 g/mol. The Hall–Kier alpha value is -2.38. The zero-order valence-electron chi connectivity index (χ0n) is 17.0. The first-order valence-corrected chi connectivity index (χ1v) is 11.5. The number of likely N-dealkylation sites (N-methyl/N-ethyl adjacent to an activating group) is 1. The van der Waals surface area contributed by atoms with Gasteiger partial charge < -0.3 is 10.2 Å². The number of hydrogen-bond donors (Lipinski definition) is 1. The van der Waals surface area contributed by atoms with E-state index in [0.717, 1.165) is 18.5 Å². The van der Waals surface area contributed by atoms with E-state index in [2.05, 4.69) is 17.1 Å². The molecule has 0 atom stereocenters. The van der Waals surface area contributed by atoms with Crippen LogP contribution in [0.3, 0.4) is 0 Å². The Morgan fingerprint density at radius 2 is 1.79 bits per heavy atom. The summed E-state index contributed by atoms with van der Waals surface area (Å²) in [5.74, 6) is 0.281. The SMILES string of the molecule is CC1CCN(S(=O)(=O)c2cccc(C(=O)NCCN(C)c3ccccc3)c2)CC1. The molecule has 0 spiro atoms. The van der Waals surface area contributed by atoms with Crippen LogP contribution in [0.1, 0.15) is 30.1 Å². The quantitative estimate of drug-likeness (QED) is 0.755. The molecule has 1 fully saturated rings. The molecule has 1 N–H and O–H groups in total. The van der Waals surface area contributed by atoms with Crippen LogP contribution in [0.2, 0.25) is 0 Å². The summed E-state index contributed by atoms with van der Waals surface area (Å²) in [7, 11) is -1.60. The second kappa shape index (κ2) is 9.41.